The summed E-state index contributed by atoms with van der Waals surface area (Å²) in [4.78, 5) is 14.3. The van der Waals surface area contributed by atoms with Crippen molar-refractivity contribution in [2.45, 2.75) is 71.2 Å². The number of likely N-dealkylation sites (tertiary alicyclic amines) is 1. The zero-order valence-electron chi connectivity index (χ0n) is 14.1. The summed E-state index contributed by atoms with van der Waals surface area (Å²) in [6, 6.07) is 0.285. The zero-order chi connectivity index (χ0) is 16.0. The van der Waals surface area contributed by atoms with Crippen LogP contribution in [0.5, 0.6) is 0 Å². The van der Waals surface area contributed by atoms with E-state index in [0.29, 0.717) is 12.0 Å². The van der Waals surface area contributed by atoms with Crippen molar-refractivity contribution >= 4 is 6.09 Å². The number of carbonyl (C=O) groups is 1. The van der Waals surface area contributed by atoms with Gasteiger partial charge in [-0.15, -0.1) is 0 Å². The van der Waals surface area contributed by atoms with Gasteiger partial charge in [0.15, 0.2) is 0 Å². The second-order valence-electron chi connectivity index (χ2n) is 8.19. The molecule has 0 aromatic rings. The van der Waals surface area contributed by atoms with Crippen molar-refractivity contribution in [2.75, 3.05) is 13.6 Å². The Labute approximate surface area is 128 Å². The van der Waals surface area contributed by atoms with Crippen LogP contribution in [0.4, 0.5) is 4.79 Å². The number of rotatable bonds is 2. The molecule has 2 N–H and O–H groups in total. The molecule has 122 valence electrons. The summed E-state index contributed by atoms with van der Waals surface area (Å²) < 4.78 is 5.29. The van der Waals surface area contributed by atoms with E-state index in [1.165, 1.54) is 0 Å². The SMILES string of the molecule is CC(C)C1N(C)CC12C[C@@H](O)[C@H](NC(=O)OC(C)(C)C)C2. The van der Waals surface area contributed by atoms with Crippen LogP contribution in [-0.2, 0) is 4.74 Å². The van der Waals surface area contributed by atoms with Gasteiger partial charge in [-0.3, -0.25) is 0 Å². The molecule has 5 nitrogen and oxygen atoms in total. The third-order valence-corrected chi connectivity index (χ3v) is 4.71. The summed E-state index contributed by atoms with van der Waals surface area (Å²) in [7, 11) is 2.14. The van der Waals surface area contributed by atoms with Gasteiger partial charge in [-0.1, -0.05) is 13.8 Å². The van der Waals surface area contributed by atoms with Crippen molar-refractivity contribution in [3.63, 3.8) is 0 Å². The Hall–Kier alpha value is -0.810. The predicted molar refractivity (Wildman–Crippen MR) is 82.1 cm³/mol. The van der Waals surface area contributed by atoms with Crippen LogP contribution in [0.15, 0.2) is 0 Å². The quantitative estimate of drug-likeness (QED) is 0.818. The summed E-state index contributed by atoms with van der Waals surface area (Å²) in [5.41, 5.74) is -0.371. The minimum atomic E-state index is -0.511. The van der Waals surface area contributed by atoms with Crippen LogP contribution in [0.25, 0.3) is 0 Å². The summed E-state index contributed by atoms with van der Waals surface area (Å²) in [6.07, 6.45) is 0.686. The van der Waals surface area contributed by atoms with Crippen LogP contribution < -0.4 is 5.32 Å². The van der Waals surface area contributed by atoms with Crippen LogP contribution in [0.3, 0.4) is 0 Å². The lowest BCUT2D eigenvalue weighted by Gasteiger charge is -2.57. The van der Waals surface area contributed by atoms with E-state index in [0.717, 1.165) is 19.4 Å². The Morgan fingerprint density at radius 3 is 2.48 bits per heavy atom. The fraction of sp³-hybridized carbons (Fsp3) is 0.938. The van der Waals surface area contributed by atoms with Crippen LogP contribution in [0, 0.1) is 11.3 Å². The second-order valence-corrected chi connectivity index (χ2v) is 8.19. The van der Waals surface area contributed by atoms with Gasteiger partial charge >= 0.3 is 6.09 Å². The lowest BCUT2D eigenvalue weighted by molar-refractivity contribution is -0.0828. The first-order valence-corrected chi connectivity index (χ1v) is 7.92. The number of aliphatic hydroxyl groups is 1. The average molecular weight is 298 g/mol. The molecular formula is C16H30N2O3. The molecule has 2 rings (SSSR count). The monoisotopic (exact) mass is 298 g/mol. The van der Waals surface area contributed by atoms with Gasteiger partial charge in [0.1, 0.15) is 5.60 Å². The number of hydrogen-bond acceptors (Lipinski definition) is 4. The van der Waals surface area contributed by atoms with E-state index in [-0.39, 0.29) is 11.5 Å². The molecule has 1 saturated carbocycles. The molecule has 5 heteroatoms. The molecule has 0 bridgehead atoms. The number of alkyl carbamates (subject to hydrolysis) is 1. The standard InChI is InChI=1S/C16H30N2O3/c1-10(2)13-16(9-18(13)6)7-11(12(19)8-16)17-14(20)21-15(3,4)5/h10-13,19H,7-9H2,1-6H3,(H,17,20)/t11-,12-,13?,16?/m1/s1. The van der Waals surface area contributed by atoms with Crippen molar-refractivity contribution < 1.29 is 14.6 Å². The molecule has 1 amide bonds. The summed E-state index contributed by atoms with van der Waals surface area (Å²) >= 11 is 0. The Kier molecular flexibility index (Phi) is 4.28. The second kappa shape index (κ2) is 5.43. The zero-order valence-corrected chi connectivity index (χ0v) is 14.1. The smallest absolute Gasteiger partial charge is 0.407 e. The summed E-state index contributed by atoms with van der Waals surface area (Å²) in [5.74, 6) is 0.552. The number of carbonyl (C=O) groups excluding carboxylic acids is 1. The molecule has 0 radical (unpaired) electrons. The van der Waals surface area contributed by atoms with Crippen LogP contribution in [0.1, 0.15) is 47.5 Å². The third-order valence-electron chi connectivity index (χ3n) is 4.71. The average Bonchev–Trinajstić information content (AvgIpc) is 2.52. The normalized spacial score (nSPS) is 36.9. The van der Waals surface area contributed by atoms with E-state index >= 15 is 0 Å². The first kappa shape index (κ1) is 16.6. The minimum Gasteiger partial charge on any atom is -0.444 e. The topological polar surface area (TPSA) is 61.8 Å². The molecule has 2 fully saturated rings. The highest BCUT2D eigenvalue weighted by Gasteiger charge is 2.58. The van der Waals surface area contributed by atoms with E-state index in [4.69, 9.17) is 4.74 Å². The largest absolute Gasteiger partial charge is 0.444 e. The van der Waals surface area contributed by atoms with Gasteiger partial charge in [-0.05, 0) is 46.6 Å². The van der Waals surface area contributed by atoms with Crippen LogP contribution in [0.2, 0.25) is 0 Å². The molecule has 0 aromatic heterocycles. The van der Waals surface area contributed by atoms with E-state index in [1.54, 1.807) is 0 Å². The van der Waals surface area contributed by atoms with Crippen molar-refractivity contribution in [2.24, 2.45) is 11.3 Å². The molecule has 1 aliphatic carbocycles. The van der Waals surface area contributed by atoms with E-state index in [9.17, 15) is 9.90 Å². The lowest BCUT2D eigenvalue weighted by atomic mass is 9.66. The highest BCUT2D eigenvalue weighted by Crippen LogP contribution is 2.52. The molecule has 1 saturated heterocycles. The molecule has 21 heavy (non-hydrogen) atoms. The van der Waals surface area contributed by atoms with Crippen molar-refractivity contribution in [3.05, 3.63) is 0 Å². The van der Waals surface area contributed by atoms with Gasteiger partial charge < -0.3 is 20.1 Å². The van der Waals surface area contributed by atoms with Crippen LogP contribution in [-0.4, -0.2) is 53.5 Å². The number of ether oxygens (including phenoxy) is 1. The van der Waals surface area contributed by atoms with E-state index < -0.39 is 17.8 Å². The number of aliphatic hydroxyl groups excluding tert-OH is 1. The van der Waals surface area contributed by atoms with Gasteiger partial charge in [0, 0.05) is 18.0 Å². The fourth-order valence-corrected chi connectivity index (χ4v) is 4.45. The van der Waals surface area contributed by atoms with Crippen molar-refractivity contribution in [3.8, 4) is 0 Å². The van der Waals surface area contributed by atoms with Crippen molar-refractivity contribution in [1.29, 1.82) is 0 Å². The van der Waals surface area contributed by atoms with E-state index in [2.05, 4.69) is 31.1 Å². The lowest BCUT2D eigenvalue weighted by Crippen LogP contribution is -2.64. The Bertz CT molecular complexity index is 400. The van der Waals surface area contributed by atoms with Gasteiger partial charge in [0.05, 0.1) is 12.1 Å². The van der Waals surface area contributed by atoms with Gasteiger partial charge in [0.2, 0.25) is 0 Å². The highest BCUT2D eigenvalue weighted by atomic mass is 16.6. The Balaban J connectivity index is 1.97. The molecule has 1 heterocycles. The van der Waals surface area contributed by atoms with Crippen LogP contribution >= 0.6 is 0 Å². The van der Waals surface area contributed by atoms with E-state index in [1.807, 2.05) is 20.8 Å². The summed E-state index contributed by atoms with van der Waals surface area (Å²) in [5, 5.41) is 13.2. The maximum Gasteiger partial charge on any atom is 0.407 e. The molecule has 1 aliphatic heterocycles. The molecular weight excluding hydrogens is 268 g/mol. The Morgan fingerprint density at radius 2 is 2.00 bits per heavy atom. The number of hydrogen-bond donors (Lipinski definition) is 2. The molecule has 2 unspecified atom stereocenters. The van der Waals surface area contributed by atoms with Gasteiger partial charge in [-0.25, -0.2) is 4.79 Å². The molecule has 1 spiro atoms. The predicted octanol–water partition coefficient (Wildman–Crippen LogP) is 1.99. The summed E-state index contributed by atoms with van der Waals surface area (Å²) in [6.45, 7) is 11.0. The number of nitrogens with zero attached hydrogens (tertiary/aromatic N) is 1. The first-order chi connectivity index (χ1) is 9.54. The molecule has 0 aromatic carbocycles. The number of amides is 1. The molecule has 2 aliphatic rings. The van der Waals surface area contributed by atoms with Gasteiger partial charge in [-0.2, -0.15) is 0 Å². The van der Waals surface area contributed by atoms with Crippen molar-refractivity contribution in [1.82, 2.24) is 10.2 Å². The maximum atomic E-state index is 11.9. The fourth-order valence-electron chi connectivity index (χ4n) is 4.45. The highest BCUT2D eigenvalue weighted by molar-refractivity contribution is 5.68. The minimum absolute atomic E-state index is 0.141. The number of nitrogens with one attached hydrogen (secondary N) is 1. The Morgan fingerprint density at radius 1 is 1.38 bits per heavy atom. The molecule has 4 atom stereocenters. The third kappa shape index (κ3) is 3.34. The maximum absolute atomic E-state index is 11.9. The first-order valence-electron chi connectivity index (χ1n) is 7.92. The van der Waals surface area contributed by atoms with Gasteiger partial charge in [0.25, 0.3) is 0 Å².